The summed E-state index contributed by atoms with van der Waals surface area (Å²) in [4.78, 5) is 57.4. The molecule has 0 unspecified atom stereocenters. The summed E-state index contributed by atoms with van der Waals surface area (Å²) in [7, 11) is 3.32. The maximum absolute atomic E-state index is 13.8. The van der Waals surface area contributed by atoms with Crippen molar-refractivity contribution < 1.29 is 28.7 Å². The molecule has 0 saturated carbocycles. The van der Waals surface area contributed by atoms with Crippen molar-refractivity contribution in [3.63, 3.8) is 0 Å². The average Bonchev–Trinajstić information content (AvgIpc) is 2.97. The number of ether oxygens (including phenoxy) is 2. The molecule has 240 valence electrons. The number of nitrogens with one attached hydrogen (secondary N) is 2. The Kier molecular flexibility index (Phi) is 12.6. The Morgan fingerprint density at radius 3 is 2.32 bits per heavy atom. The maximum Gasteiger partial charge on any atom is 0.255 e. The normalized spacial score (nSPS) is 19.9. The van der Waals surface area contributed by atoms with E-state index in [0.717, 1.165) is 5.56 Å². The second-order valence-corrected chi connectivity index (χ2v) is 12.4. The molecule has 2 N–H and O–H groups in total. The van der Waals surface area contributed by atoms with Gasteiger partial charge in [-0.05, 0) is 55.9 Å². The van der Waals surface area contributed by atoms with Crippen molar-refractivity contribution in [1.82, 2.24) is 20.4 Å². The van der Waals surface area contributed by atoms with Gasteiger partial charge in [-0.15, -0.1) is 0 Å². The number of fused-ring (bicyclic) bond motifs is 1. The number of aryl methyl sites for hydroxylation is 1. The molecule has 0 aliphatic carbocycles. The Bertz CT molecular complexity index is 1280. The zero-order chi connectivity index (χ0) is 32.4. The van der Waals surface area contributed by atoms with Gasteiger partial charge >= 0.3 is 0 Å². The molecule has 1 aliphatic rings. The smallest absolute Gasteiger partial charge is 0.255 e. The standard InChI is InChI=1S/C34H48N4O6/c1-22(2)18-25-21-44-30-11-9-8-10-27(30)32(40)36-29(20-31(39)35-28(19-23(3)4)34(42)38(25)7)33(41)37(6)16-17-43-26-14-12-24(5)13-15-26/h8-15,22-23,25,28-29H,16-21H2,1-7H3,(H,35,39)(H,36,40)/t25-,28-,29+/m1/s1. The predicted molar refractivity (Wildman–Crippen MR) is 170 cm³/mol. The molecule has 3 rings (SSSR count). The Labute approximate surface area is 261 Å². The minimum absolute atomic E-state index is 0.125. The highest BCUT2D eigenvalue weighted by Crippen LogP contribution is 2.22. The molecule has 0 saturated heterocycles. The molecule has 1 aliphatic heterocycles. The summed E-state index contributed by atoms with van der Waals surface area (Å²) in [6.07, 6.45) is 0.765. The van der Waals surface area contributed by atoms with Gasteiger partial charge in [-0.1, -0.05) is 57.5 Å². The van der Waals surface area contributed by atoms with E-state index in [1.54, 1.807) is 43.3 Å². The lowest BCUT2D eigenvalue weighted by Gasteiger charge is -2.34. The van der Waals surface area contributed by atoms with Gasteiger partial charge in [0, 0.05) is 14.1 Å². The van der Waals surface area contributed by atoms with Gasteiger partial charge in [0.1, 0.15) is 36.8 Å². The number of carbonyl (C=O) groups is 4. The van der Waals surface area contributed by atoms with E-state index in [1.165, 1.54) is 4.90 Å². The minimum atomic E-state index is -1.18. The highest BCUT2D eigenvalue weighted by Gasteiger charge is 2.33. The molecule has 44 heavy (non-hydrogen) atoms. The van der Waals surface area contributed by atoms with Crippen LogP contribution in [0.5, 0.6) is 11.5 Å². The highest BCUT2D eigenvalue weighted by atomic mass is 16.5. The fraction of sp³-hybridized carbons (Fsp3) is 0.529. The van der Waals surface area contributed by atoms with Crippen molar-refractivity contribution in [2.45, 2.75) is 72.0 Å². The Morgan fingerprint density at radius 2 is 1.66 bits per heavy atom. The van der Waals surface area contributed by atoms with E-state index in [1.807, 2.05) is 45.0 Å². The van der Waals surface area contributed by atoms with Crippen LogP contribution in [0, 0.1) is 18.8 Å². The minimum Gasteiger partial charge on any atom is -0.492 e. The quantitative estimate of drug-likeness (QED) is 0.447. The summed E-state index contributed by atoms with van der Waals surface area (Å²) < 4.78 is 11.9. The molecule has 0 aromatic heterocycles. The van der Waals surface area contributed by atoms with Gasteiger partial charge < -0.3 is 29.9 Å². The molecular weight excluding hydrogens is 560 g/mol. The molecule has 0 fully saturated rings. The van der Waals surface area contributed by atoms with Crippen LogP contribution >= 0.6 is 0 Å². The van der Waals surface area contributed by atoms with Crippen LogP contribution in [-0.4, -0.2) is 85.4 Å². The van der Waals surface area contributed by atoms with E-state index in [9.17, 15) is 19.2 Å². The van der Waals surface area contributed by atoms with Crippen molar-refractivity contribution in [3.8, 4) is 11.5 Å². The zero-order valence-corrected chi connectivity index (χ0v) is 27.1. The summed E-state index contributed by atoms with van der Waals surface area (Å²) in [5.41, 5.74) is 1.35. The van der Waals surface area contributed by atoms with Crippen LogP contribution in [-0.2, 0) is 14.4 Å². The van der Waals surface area contributed by atoms with Crippen LogP contribution in [0.25, 0.3) is 0 Å². The molecule has 0 bridgehead atoms. The molecule has 2 aromatic rings. The Hall–Kier alpha value is -4.08. The van der Waals surface area contributed by atoms with Gasteiger partial charge in [0.15, 0.2) is 0 Å². The van der Waals surface area contributed by atoms with Crippen molar-refractivity contribution >= 4 is 23.6 Å². The molecule has 4 amide bonds. The first-order chi connectivity index (χ1) is 20.8. The van der Waals surface area contributed by atoms with Crippen molar-refractivity contribution in [2.75, 3.05) is 33.9 Å². The highest BCUT2D eigenvalue weighted by molar-refractivity contribution is 6.01. The number of para-hydroxylation sites is 1. The summed E-state index contributed by atoms with van der Waals surface area (Å²) in [5, 5.41) is 5.63. The topological polar surface area (TPSA) is 117 Å². The second kappa shape index (κ2) is 16.1. The SMILES string of the molecule is Cc1ccc(OCCN(C)C(=O)[C@@H]2CC(=O)N[C@H](CC(C)C)C(=O)N(C)[C@H](CC(C)C)COc3ccccc3C(=O)N2)cc1. The molecule has 10 nitrogen and oxygen atoms in total. The molecule has 3 atom stereocenters. The molecular formula is C34H48N4O6. The van der Waals surface area contributed by atoms with Crippen LogP contribution in [0.2, 0.25) is 0 Å². The second-order valence-electron chi connectivity index (χ2n) is 12.4. The van der Waals surface area contributed by atoms with Gasteiger partial charge in [0.05, 0.1) is 24.6 Å². The summed E-state index contributed by atoms with van der Waals surface area (Å²) in [5.74, 6) is -0.276. The number of hydrogen-bond acceptors (Lipinski definition) is 6. The lowest BCUT2D eigenvalue weighted by Crippen LogP contribution is -2.55. The first-order valence-corrected chi connectivity index (χ1v) is 15.4. The van der Waals surface area contributed by atoms with Crippen molar-refractivity contribution in [1.29, 1.82) is 0 Å². The number of likely N-dealkylation sites (N-methyl/N-ethyl adjacent to an activating group) is 2. The number of rotatable bonds is 9. The number of benzene rings is 2. The molecule has 0 radical (unpaired) electrons. The first kappa shape index (κ1) is 34.4. The van der Waals surface area contributed by atoms with Crippen LogP contribution in [0.4, 0.5) is 0 Å². The number of amides is 4. The number of carbonyl (C=O) groups excluding carboxylic acids is 4. The number of nitrogens with zero attached hydrogens (tertiary/aromatic N) is 2. The van der Waals surface area contributed by atoms with E-state index < -0.39 is 29.8 Å². The van der Waals surface area contributed by atoms with Crippen LogP contribution < -0.4 is 20.1 Å². The van der Waals surface area contributed by atoms with E-state index in [4.69, 9.17) is 9.47 Å². The zero-order valence-electron chi connectivity index (χ0n) is 27.1. The summed E-state index contributed by atoms with van der Waals surface area (Å²) >= 11 is 0. The lowest BCUT2D eigenvalue weighted by atomic mass is 9.99. The van der Waals surface area contributed by atoms with Gasteiger partial charge in [0.2, 0.25) is 17.7 Å². The van der Waals surface area contributed by atoms with Crippen molar-refractivity contribution in [2.24, 2.45) is 11.8 Å². The molecule has 2 aromatic carbocycles. The Balaban J connectivity index is 1.88. The van der Waals surface area contributed by atoms with Crippen molar-refractivity contribution in [3.05, 3.63) is 59.7 Å². The largest absolute Gasteiger partial charge is 0.492 e. The van der Waals surface area contributed by atoms with Gasteiger partial charge in [-0.25, -0.2) is 0 Å². The van der Waals surface area contributed by atoms with Crippen LogP contribution in [0.3, 0.4) is 0 Å². The van der Waals surface area contributed by atoms with E-state index >= 15 is 0 Å². The summed E-state index contributed by atoms with van der Waals surface area (Å²) in [6, 6.07) is 12.1. The Morgan fingerprint density at radius 1 is 1.00 bits per heavy atom. The molecule has 0 spiro atoms. The van der Waals surface area contributed by atoms with Gasteiger partial charge in [-0.3, -0.25) is 19.2 Å². The van der Waals surface area contributed by atoms with E-state index in [0.29, 0.717) is 24.3 Å². The first-order valence-electron chi connectivity index (χ1n) is 15.4. The van der Waals surface area contributed by atoms with Gasteiger partial charge in [-0.2, -0.15) is 0 Å². The average molecular weight is 609 g/mol. The fourth-order valence-electron chi connectivity index (χ4n) is 5.15. The third-order valence-electron chi connectivity index (χ3n) is 7.63. The fourth-order valence-corrected chi connectivity index (χ4v) is 5.15. The number of hydrogen-bond donors (Lipinski definition) is 2. The van der Waals surface area contributed by atoms with Crippen LogP contribution in [0.1, 0.15) is 62.9 Å². The molecule has 10 heteroatoms. The van der Waals surface area contributed by atoms with E-state index in [2.05, 4.69) is 24.5 Å². The predicted octanol–water partition coefficient (Wildman–Crippen LogP) is 3.82. The molecule has 1 heterocycles. The summed E-state index contributed by atoms with van der Waals surface area (Å²) in [6.45, 7) is 10.7. The third kappa shape index (κ3) is 9.99. The lowest BCUT2D eigenvalue weighted by molar-refractivity contribution is -0.139. The maximum atomic E-state index is 13.8. The monoisotopic (exact) mass is 608 g/mol. The van der Waals surface area contributed by atoms with E-state index in [-0.39, 0.29) is 55.5 Å². The van der Waals surface area contributed by atoms with Gasteiger partial charge in [0.25, 0.3) is 5.91 Å². The van der Waals surface area contributed by atoms with Crippen LogP contribution in [0.15, 0.2) is 48.5 Å². The third-order valence-corrected chi connectivity index (χ3v) is 7.63.